The number of hydrogen-bond acceptors (Lipinski definition) is 7. The molecule has 0 unspecified atom stereocenters. The van der Waals surface area contributed by atoms with E-state index in [1.54, 1.807) is 7.11 Å². The van der Waals surface area contributed by atoms with Crippen LogP contribution in [0, 0.1) is 0 Å². The summed E-state index contributed by atoms with van der Waals surface area (Å²) in [5, 5.41) is 9.12. The summed E-state index contributed by atoms with van der Waals surface area (Å²) in [5.41, 5.74) is 10.5. The Morgan fingerprint density at radius 3 is 2.28 bits per heavy atom. The highest BCUT2D eigenvalue weighted by molar-refractivity contribution is 9.10. The number of aliphatic imine (C=N–C) groups is 1. The van der Waals surface area contributed by atoms with Gasteiger partial charge in [-0.2, -0.15) is 0 Å². The Bertz CT molecular complexity index is 1880. The Morgan fingerprint density at radius 1 is 0.840 bits per heavy atom. The lowest BCUT2D eigenvalue weighted by atomic mass is 9.82. The van der Waals surface area contributed by atoms with Crippen molar-refractivity contribution in [3.05, 3.63) is 154 Å². The van der Waals surface area contributed by atoms with Gasteiger partial charge in [-0.1, -0.05) is 94.8 Å². The van der Waals surface area contributed by atoms with Gasteiger partial charge in [-0.3, -0.25) is 10.2 Å². The highest BCUT2D eigenvalue weighted by atomic mass is 79.9. The number of carbonyl (C=O) groups is 1. The van der Waals surface area contributed by atoms with Crippen LogP contribution in [0.15, 0.2) is 137 Å². The predicted octanol–water partition coefficient (Wildman–Crippen LogP) is 7.25. The molecule has 0 spiro atoms. The van der Waals surface area contributed by atoms with Crippen LogP contribution >= 0.6 is 15.9 Å². The summed E-state index contributed by atoms with van der Waals surface area (Å²) in [7, 11) is 1.65. The number of ether oxygens (including phenoxy) is 3. The fraction of sp³-hybridized carbons (Fsp3) is 0.220. The molecule has 1 aliphatic rings. The summed E-state index contributed by atoms with van der Waals surface area (Å²) in [4.78, 5) is 19.7. The van der Waals surface area contributed by atoms with Crippen LogP contribution < -0.4 is 20.3 Å². The molecule has 0 fully saturated rings. The van der Waals surface area contributed by atoms with Crippen LogP contribution in [0.4, 0.5) is 0 Å². The van der Waals surface area contributed by atoms with E-state index in [-0.39, 0.29) is 12.5 Å². The number of benzene rings is 5. The fourth-order valence-electron chi connectivity index (χ4n) is 5.96. The SMILES string of the molecule is COc1cccc(CCNNC(=O)[C@@]2(Cc3ccc(Br)cc3)N=C(c3ccc(OCCCO)cc3)O[C@H]2c2ccc(-c3ccccc3)cc2)c1. The van der Waals surface area contributed by atoms with Crippen LogP contribution in [0.3, 0.4) is 0 Å². The Labute approximate surface area is 301 Å². The molecule has 256 valence electrons. The zero-order valence-corrected chi connectivity index (χ0v) is 29.4. The van der Waals surface area contributed by atoms with Crippen LogP contribution in [-0.2, 0) is 22.4 Å². The average molecular weight is 735 g/mol. The summed E-state index contributed by atoms with van der Waals surface area (Å²) < 4.78 is 18.8. The minimum atomic E-state index is -1.35. The lowest BCUT2D eigenvalue weighted by Crippen LogP contribution is -2.54. The molecule has 5 aromatic carbocycles. The topological polar surface area (TPSA) is 101 Å². The molecule has 0 radical (unpaired) electrons. The van der Waals surface area contributed by atoms with E-state index in [1.807, 2.05) is 103 Å². The summed E-state index contributed by atoms with van der Waals surface area (Å²) >= 11 is 3.54. The van der Waals surface area contributed by atoms with Crippen molar-refractivity contribution in [1.29, 1.82) is 0 Å². The Morgan fingerprint density at radius 2 is 1.56 bits per heavy atom. The molecular formula is C41H40BrN3O5. The minimum absolute atomic E-state index is 0.0643. The zero-order valence-electron chi connectivity index (χ0n) is 27.8. The summed E-state index contributed by atoms with van der Waals surface area (Å²) in [5.74, 6) is 1.53. The minimum Gasteiger partial charge on any atom is -0.497 e. The number of carbonyl (C=O) groups excluding carboxylic acids is 1. The number of halogens is 1. The normalized spacial score (nSPS) is 16.7. The maximum Gasteiger partial charge on any atom is 0.266 e. The van der Waals surface area contributed by atoms with Crippen molar-refractivity contribution in [2.45, 2.75) is 30.9 Å². The molecule has 0 bridgehead atoms. The average Bonchev–Trinajstić information content (AvgIpc) is 3.55. The molecule has 8 nitrogen and oxygen atoms in total. The molecule has 6 rings (SSSR count). The van der Waals surface area contributed by atoms with E-state index in [2.05, 4.69) is 51.0 Å². The van der Waals surface area contributed by atoms with Crippen molar-refractivity contribution in [2.24, 2.45) is 4.99 Å². The molecule has 0 aliphatic carbocycles. The number of rotatable bonds is 15. The van der Waals surface area contributed by atoms with E-state index < -0.39 is 11.6 Å². The molecule has 1 aliphatic heterocycles. The summed E-state index contributed by atoms with van der Waals surface area (Å²) in [6.45, 7) is 0.976. The molecule has 1 heterocycles. The number of amides is 1. The van der Waals surface area contributed by atoms with Crippen molar-refractivity contribution < 1.29 is 24.1 Å². The zero-order chi connectivity index (χ0) is 34.8. The number of aliphatic hydroxyl groups excluding tert-OH is 1. The van der Waals surface area contributed by atoms with E-state index in [0.29, 0.717) is 44.1 Å². The quantitative estimate of drug-likeness (QED) is 0.0775. The Balaban J connectivity index is 1.33. The summed E-state index contributed by atoms with van der Waals surface area (Å²) in [6.07, 6.45) is 0.787. The van der Waals surface area contributed by atoms with Crippen molar-refractivity contribution in [3.63, 3.8) is 0 Å². The molecule has 0 saturated heterocycles. The highest BCUT2D eigenvalue weighted by Crippen LogP contribution is 2.43. The van der Waals surface area contributed by atoms with Gasteiger partial charge in [0, 0.05) is 36.0 Å². The molecule has 0 aromatic heterocycles. The molecule has 9 heteroatoms. The first-order valence-corrected chi connectivity index (χ1v) is 17.4. The van der Waals surface area contributed by atoms with E-state index in [4.69, 9.17) is 24.3 Å². The fourth-order valence-corrected chi connectivity index (χ4v) is 6.23. The number of aliphatic hydroxyl groups is 1. The highest BCUT2D eigenvalue weighted by Gasteiger charge is 2.53. The van der Waals surface area contributed by atoms with Crippen LogP contribution in [0.2, 0.25) is 0 Å². The van der Waals surface area contributed by atoms with E-state index in [1.165, 1.54) is 0 Å². The Kier molecular flexibility index (Phi) is 11.6. The lowest BCUT2D eigenvalue weighted by molar-refractivity contribution is -0.130. The van der Waals surface area contributed by atoms with Crippen molar-refractivity contribution in [3.8, 4) is 22.6 Å². The second-order valence-corrected chi connectivity index (χ2v) is 13.0. The first kappa shape index (κ1) is 34.9. The van der Waals surface area contributed by atoms with Gasteiger partial charge in [-0.25, -0.2) is 10.4 Å². The second-order valence-electron chi connectivity index (χ2n) is 12.1. The molecule has 5 aromatic rings. The lowest BCUT2D eigenvalue weighted by Gasteiger charge is -2.31. The molecule has 50 heavy (non-hydrogen) atoms. The van der Waals surface area contributed by atoms with Crippen molar-refractivity contribution >= 4 is 27.7 Å². The third kappa shape index (κ3) is 8.42. The van der Waals surface area contributed by atoms with Crippen molar-refractivity contribution in [1.82, 2.24) is 10.9 Å². The summed E-state index contributed by atoms with van der Waals surface area (Å²) in [6, 6.07) is 41.6. The van der Waals surface area contributed by atoms with Gasteiger partial charge < -0.3 is 19.3 Å². The molecule has 2 atom stereocenters. The van der Waals surface area contributed by atoms with Crippen LogP contribution in [0.25, 0.3) is 11.1 Å². The van der Waals surface area contributed by atoms with E-state index in [9.17, 15) is 4.79 Å². The van der Waals surface area contributed by atoms with Gasteiger partial charge in [0.05, 0.1) is 13.7 Å². The number of methoxy groups -OCH3 is 1. The number of nitrogens with one attached hydrogen (secondary N) is 2. The van der Waals surface area contributed by atoms with Crippen LogP contribution in [-0.4, -0.2) is 49.3 Å². The maximum atomic E-state index is 14.6. The van der Waals surface area contributed by atoms with E-state index >= 15 is 0 Å². The molecule has 1 amide bonds. The predicted molar refractivity (Wildman–Crippen MR) is 199 cm³/mol. The first-order valence-electron chi connectivity index (χ1n) is 16.6. The van der Waals surface area contributed by atoms with Gasteiger partial charge in [0.2, 0.25) is 5.90 Å². The number of nitrogens with zero attached hydrogens (tertiary/aromatic N) is 1. The standard InChI is InChI=1S/C41H40BrN3O5/c1-48-37-10-5-7-29(27-37)23-24-43-45-40(47)41(28-30-11-19-35(42)20-12-30)38(33-15-13-32(14-16-33)31-8-3-2-4-9-31)50-39(44-41)34-17-21-36(22-18-34)49-26-6-25-46/h2-5,7-22,27,38,43,46H,6,23-26,28H2,1H3,(H,45,47)/t38-,41-/m0/s1. The smallest absolute Gasteiger partial charge is 0.266 e. The van der Waals surface area contributed by atoms with E-state index in [0.717, 1.165) is 43.6 Å². The van der Waals surface area contributed by atoms with Gasteiger partial charge in [0.15, 0.2) is 11.6 Å². The third-order valence-corrected chi connectivity index (χ3v) is 9.14. The van der Waals surface area contributed by atoms with Crippen molar-refractivity contribution in [2.75, 3.05) is 26.9 Å². The maximum absolute atomic E-state index is 14.6. The van der Waals surface area contributed by atoms with Gasteiger partial charge >= 0.3 is 0 Å². The third-order valence-electron chi connectivity index (χ3n) is 8.61. The molecular weight excluding hydrogens is 694 g/mol. The monoisotopic (exact) mass is 733 g/mol. The van der Waals surface area contributed by atoms with Gasteiger partial charge in [-0.05, 0) is 82.8 Å². The number of hydrogen-bond donors (Lipinski definition) is 3. The van der Waals surface area contributed by atoms with Gasteiger partial charge in [0.25, 0.3) is 5.91 Å². The molecule has 0 saturated carbocycles. The number of hydrazine groups is 1. The van der Waals surface area contributed by atoms with Gasteiger partial charge in [-0.15, -0.1) is 0 Å². The van der Waals surface area contributed by atoms with Crippen LogP contribution in [0.5, 0.6) is 11.5 Å². The van der Waals surface area contributed by atoms with Gasteiger partial charge in [0.1, 0.15) is 11.5 Å². The second kappa shape index (κ2) is 16.6. The van der Waals surface area contributed by atoms with Crippen LogP contribution in [0.1, 0.15) is 34.8 Å². The molecule has 3 N–H and O–H groups in total. The Hall–Kier alpha value is -4.96. The first-order chi connectivity index (χ1) is 24.5. The largest absolute Gasteiger partial charge is 0.497 e.